The first-order chi connectivity index (χ1) is 13.2. The summed E-state index contributed by atoms with van der Waals surface area (Å²) < 4.78 is 20.0. The Bertz CT molecular complexity index is 901. The molecule has 1 amide bonds. The Morgan fingerprint density at radius 3 is 2.74 bits per heavy atom. The first kappa shape index (κ1) is 16.8. The fourth-order valence-corrected chi connectivity index (χ4v) is 5.59. The van der Waals surface area contributed by atoms with Crippen LogP contribution in [-0.4, -0.2) is 36.5 Å². The molecule has 0 N–H and O–H groups in total. The molecule has 140 valence electrons. The van der Waals surface area contributed by atoms with Crippen molar-refractivity contribution in [2.75, 3.05) is 25.1 Å². The lowest BCUT2D eigenvalue weighted by Crippen LogP contribution is -2.49. The summed E-state index contributed by atoms with van der Waals surface area (Å²) in [5.41, 5.74) is 1.07. The van der Waals surface area contributed by atoms with Crippen LogP contribution in [-0.2, 0) is 4.79 Å². The van der Waals surface area contributed by atoms with Gasteiger partial charge in [0.2, 0.25) is 5.91 Å². The minimum Gasteiger partial charge on any atom is -0.495 e. The summed E-state index contributed by atoms with van der Waals surface area (Å²) >= 11 is 0. The molecule has 0 saturated carbocycles. The summed E-state index contributed by atoms with van der Waals surface area (Å²) in [5, 5.41) is 0. The Morgan fingerprint density at radius 1 is 1.15 bits per heavy atom. The van der Waals surface area contributed by atoms with Gasteiger partial charge in [-0.3, -0.25) is 9.69 Å². The standard InChI is InChI=1S/C22H23FN2O2/c1-27-20-10-5-4-9-18(20)24-14-15-13-19(16-7-2-3-8-17(16)23)25-12-6-11-22(15,25)21(24)26/h2-5,7-10,15,19H,6,11-14H2,1H3/t15-,19-,22-/m0/s1. The molecule has 0 bridgehead atoms. The topological polar surface area (TPSA) is 32.8 Å². The van der Waals surface area contributed by atoms with Gasteiger partial charge in [0.05, 0.1) is 12.8 Å². The van der Waals surface area contributed by atoms with Crippen LogP contribution in [0.3, 0.4) is 0 Å². The van der Waals surface area contributed by atoms with Gasteiger partial charge < -0.3 is 9.64 Å². The van der Waals surface area contributed by atoms with Crippen molar-refractivity contribution in [1.29, 1.82) is 0 Å². The highest BCUT2D eigenvalue weighted by Gasteiger charge is 2.65. The van der Waals surface area contributed by atoms with E-state index in [2.05, 4.69) is 4.90 Å². The molecule has 3 atom stereocenters. The predicted molar refractivity (Wildman–Crippen MR) is 101 cm³/mol. The number of ether oxygens (including phenoxy) is 1. The number of methoxy groups -OCH3 is 1. The molecule has 3 aliphatic rings. The fourth-order valence-electron chi connectivity index (χ4n) is 5.59. The van der Waals surface area contributed by atoms with Crippen molar-refractivity contribution >= 4 is 11.6 Å². The molecule has 4 nitrogen and oxygen atoms in total. The SMILES string of the molecule is COc1ccccc1N1C[C@@H]2C[C@@H](c3ccccc3F)N3CCC[C@@]23C1=O. The largest absolute Gasteiger partial charge is 0.495 e. The number of hydrogen-bond donors (Lipinski definition) is 0. The molecule has 1 spiro atoms. The van der Waals surface area contributed by atoms with Crippen LogP contribution in [0.2, 0.25) is 0 Å². The van der Waals surface area contributed by atoms with Gasteiger partial charge in [0, 0.05) is 24.1 Å². The summed E-state index contributed by atoms with van der Waals surface area (Å²) in [7, 11) is 1.63. The van der Waals surface area contributed by atoms with Crippen molar-refractivity contribution in [2.45, 2.75) is 30.8 Å². The van der Waals surface area contributed by atoms with Crippen molar-refractivity contribution < 1.29 is 13.9 Å². The Balaban J connectivity index is 1.53. The van der Waals surface area contributed by atoms with Crippen LogP contribution in [0.15, 0.2) is 48.5 Å². The number of anilines is 1. The third-order valence-electron chi connectivity index (χ3n) is 6.69. The van der Waals surface area contributed by atoms with Crippen LogP contribution in [0.5, 0.6) is 5.75 Å². The van der Waals surface area contributed by atoms with Gasteiger partial charge >= 0.3 is 0 Å². The van der Waals surface area contributed by atoms with Crippen LogP contribution >= 0.6 is 0 Å². The Morgan fingerprint density at radius 2 is 1.93 bits per heavy atom. The van der Waals surface area contributed by atoms with Crippen LogP contribution in [0, 0.1) is 11.7 Å². The zero-order valence-electron chi connectivity index (χ0n) is 15.4. The minimum atomic E-state index is -0.492. The molecule has 5 rings (SSSR count). The zero-order chi connectivity index (χ0) is 18.6. The van der Waals surface area contributed by atoms with Gasteiger partial charge in [-0.1, -0.05) is 30.3 Å². The van der Waals surface area contributed by atoms with E-state index in [1.165, 1.54) is 6.07 Å². The molecule has 2 aromatic carbocycles. The number of carbonyl (C=O) groups excluding carboxylic acids is 1. The smallest absolute Gasteiger partial charge is 0.248 e. The van der Waals surface area contributed by atoms with E-state index in [-0.39, 0.29) is 23.7 Å². The van der Waals surface area contributed by atoms with Crippen molar-refractivity contribution in [3.63, 3.8) is 0 Å². The summed E-state index contributed by atoms with van der Waals surface area (Å²) in [6.45, 7) is 1.52. The molecule has 3 aliphatic heterocycles. The molecule has 3 heterocycles. The lowest BCUT2D eigenvalue weighted by atomic mass is 9.85. The Kier molecular flexibility index (Phi) is 3.76. The third-order valence-corrected chi connectivity index (χ3v) is 6.69. The summed E-state index contributed by atoms with van der Waals surface area (Å²) in [6, 6.07) is 14.7. The van der Waals surface area contributed by atoms with Crippen molar-refractivity contribution in [3.05, 3.63) is 59.9 Å². The van der Waals surface area contributed by atoms with Gasteiger partial charge in [-0.15, -0.1) is 0 Å². The maximum Gasteiger partial charge on any atom is 0.248 e. The molecule has 3 fully saturated rings. The van der Waals surface area contributed by atoms with Gasteiger partial charge in [-0.05, 0) is 44.0 Å². The molecule has 0 aromatic heterocycles. The van der Waals surface area contributed by atoms with Crippen LogP contribution in [0.25, 0.3) is 0 Å². The van der Waals surface area contributed by atoms with Gasteiger partial charge in [-0.2, -0.15) is 0 Å². The first-order valence-electron chi connectivity index (χ1n) is 9.63. The number of hydrogen-bond acceptors (Lipinski definition) is 3. The normalized spacial score (nSPS) is 29.9. The van der Waals surface area contributed by atoms with Crippen LogP contribution in [0.4, 0.5) is 10.1 Å². The molecular formula is C22H23FN2O2. The zero-order valence-corrected chi connectivity index (χ0v) is 15.4. The molecular weight excluding hydrogens is 343 g/mol. The average Bonchev–Trinajstić information content (AvgIpc) is 3.32. The molecule has 0 radical (unpaired) electrons. The van der Waals surface area contributed by atoms with Gasteiger partial charge in [-0.25, -0.2) is 4.39 Å². The second kappa shape index (κ2) is 6.06. The van der Waals surface area contributed by atoms with Gasteiger partial charge in [0.25, 0.3) is 0 Å². The number of nitrogens with zero attached hydrogens (tertiary/aromatic N) is 2. The Labute approximate surface area is 158 Å². The highest BCUT2D eigenvalue weighted by Crippen LogP contribution is 2.57. The second-order valence-corrected chi connectivity index (χ2v) is 7.78. The molecule has 3 saturated heterocycles. The molecule has 2 aromatic rings. The summed E-state index contributed by atoms with van der Waals surface area (Å²) in [4.78, 5) is 17.8. The number of para-hydroxylation sites is 2. The Hall–Kier alpha value is -2.40. The predicted octanol–water partition coefficient (Wildman–Crippen LogP) is 3.78. The molecule has 5 heteroatoms. The monoisotopic (exact) mass is 366 g/mol. The number of halogens is 1. The average molecular weight is 366 g/mol. The highest BCUT2D eigenvalue weighted by atomic mass is 19.1. The van der Waals surface area contributed by atoms with Crippen molar-refractivity contribution in [3.8, 4) is 5.75 Å². The highest BCUT2D eigenvalue weighted by molar-refractivity contribution is 6.04. The van der Waals surface area contributed by atoms with E-state index in [0.717, 1.165) is 42.8 Å². The molecule has 27 heavy (non-hydrogen) atoms. The lowest BCUT2D eigenvalue weighted by Gasteiger charge is -2.34. The third kappa shape index (κ3) is 2.21. The first-order valence-corrected chi connectivity index (χ1v) is 9.63. The van der Waals surface area contributed by atoms with E-state index < -0.39 is 5.54 Å². The number of benzene rings is 2. The second-order valence-electron chi connectivity index (χ2n) is 7.78. The van der Waals surface area contributed by atoms with E-state index in [9.17, 15) is 9.18 Å². The van der Waals surface area contributed by atoms with Gasteiger partial charge in [0.15, 0.2) is 0 Å². The lowest BCUT2D eigenvalue weighted by molar-refractivity contribution is -0.126. The summed E-state index contributed by atoms with van der Waals surface area (Å²) in [6.07, 6.45) is 2.65. The van der Waals surface area contributed by atoms with Crippen molar-refractivity contribution in [2.24, 2.45) is 5.92 Å². The van der Waals surface area contributed by atoms with Gasteiger partial charge in [0.1, 0.15) is 17.1 Å². The van der Waals surface area contributed by atoms with E-state index in [0.29, 0.717) is 6.54 Å². The fraction of sp³-hybridized carbons (Fsp3) is 0.409. The van der Waals surface area contributed by atoms with Crippen LogP contribution < -0.4 is 9.64 Å². The minimum absolute atomic E-state index is 0.0116. The van der Waals surface area contributed by atoms with Crippen LogP contribution in [0.1, 0.15) is 30.9 Å². The summed E-state index contributed by atoms with van der Waals surface area (Å²) in [5.74, 6) is 0.909. The molecule has 0 aliphatic carbocycles. The van der Waals surface area contributed by atoms with E-state index in [1.54, 1.807) is 13.2 Å². The number of rotatable bonds is 3. The maximum absolute atomic E-state index is 14.5. The van der Waals surface area contributed by atoms with E-state index >= 15 is 0 Å². The number of amides is 1. The number of carbonyl (C=O) groups is 1. The van der Waals surface area contributed by atoms with E-state index in [4.69, 9.17) is 4.74 Å². The maximum atomic E-state index is 14.5. The van der Waals surface area contributed by atoms with E-state index in [1.807, 2.05) is 41.3 Å². The van der Waals surface area contributed by atoms with Crippen molar-refractivity contribution in [1.82, 2.24) is 4.90 Å². The molecule has 0 unspecified atom stereocenters. The quantitative estimate of drug-likeness (QED) is 0.829.